The number of nitrogens with two attached hydrogens (primary N) is 1. The molecule has 0 radical (unpaired) electrons. The average Bonchev–Trinajstić information content (AvgIpc) is 2.34. The minimum Gasteiger partial charge on any atom is -0.396 e. The van der Waals surface area contributed by atoms with Gasteiger partial charge in [0, 0.05) is 25.7 Å². The Labute approximate surface area is 110 Å². The molecule has 6 heteroatoms. The molecule has 1 atom stereocenters. The summed E-state index contributed by atoms with van der Waals surface area (Å²) in [5, 5.41) is 0. The summed E-state index contributed by atoms with van der Waals surface area (Å²) < 4.78 is 27.5. The molecule has 1 aliphatic rings. The Hall–Kier alpha value is -1.69. The molecular formula is C13H17F2N3O. The Bertz CT molecular complexity index is 507. The van der Waals surface area contributed by atoms with Crippen molar-refractivity contribution in [2.75, 3.05) is 32.4 Å². The predicted molar refractivity (Wildman–Crippen MR) is 68.8 cm³/mol. The molecule has 19 heavy (non-hydrogen) atoms. The zero-order chi connectivity index (χ0) is 14.2. The number of piperazine rings is 1. The second kappa shape index (κ2) is 5.13. The molecule has 1 heterocycles. The normalized spacial score (nSPS) is 20.6. The first-order chi connectivity index (χ1) is 8.91. The molecule has 1 saturated heterocycles. The number of nitrogen functional groups attached to an aromatic ring is 1. The third-order valence-electron chi connectivity index (χ3n) is 3.43. The molecule has 1 amide bonds. The van der Waals surface area contributed by atoms with Crippen LogP contribution in [0.1, 0.15) is 17.3 Å². The molecule has 1 aromatic carbocycles. The summed E-state index contributed by atoms with van der Waals surface area (Å²) in [5.74, 6) is -2.48. The van der Waals surface area contributed by atoms with Gasteiger partial charge < -0.3 is 15.5 Å². The first-order valence-electron chi connectivity index (χ1n) is 6.14. The zero-order valence-electron chi connectivity index (χ0n) is 11.0. The van der Waals surface area contributed by atoms with Crippen LogP contribution < -0.4 is 5.73 Å². The van der Waals surface area contributed by atoms with Gasteiger partial charge >= 0.3 is 0 Å². The first-order valence-corrected chi connectivity index (χ1v) is 6.14. The van der Waals surface area contributed by atoms with Crippen LogP contribution in [0.3, 0.4) is 0 Å². The summed E-state index contributed by atoms with van der Waals surface area (Å²) in [7, 11) is 1.94. The number of anilines is 1. The van der Waals surface area contributed by atoms with Gasteiger partial charge in [-0.25, -0.2) is 8.78 Å². The summed E-state index contributed by atoms with van der Waals surface area (Å²) in [6, 6.07) is 2.05. The standard InChI is InChI=1S/C13H17F2N3O/c1-8-7-17(2)5-6-18(8)13(19)11-9(14)3-4-10(16)12(11)15/h3-4,8H,5-7,16H2,1-2H3. The van der Waals surface area contributed by atoms with E-state index in [4.69, 9.17) is 5.73 Å². The van der Waals surface area contributed by atoms with Crippen molar-refractivity contribution in [3.63, 3.8) is 0 Å². The Morgan fingerprint density at radius 3 is 2.68 bits per heavy atom. The predicted octanol–water partition coefficient (Wildman–Crippen LogP) is 1.32. The van der Waals surface area contributed by atoms with E-state index in [1.54, 1.807) is 0 Å². The van der Waals surface area contributed by atoms with Crippen molar-refractivity contribution in [2.45, 2.75) is 13.0 Å². The van der Waals surface area contributed by atoms with Gasteiger partial charge in [-0.2, -0.15) is 0 Å². The van der Waals surface area contributed by atoms with E-state index >= 15 is 0 Å². The van der Waals surface area contributed by atoms with Crippen molar-refractivity contribution in [3.8, 4) is 0 Å². The van der Waals surface area contributed by atoms with Crippen molar-refractivity contribution in [1.82, 2.24) is 9.80 Å². The molecule has 1 aliphatic heterocycles. The van der Waals surface area contributed by atoms with Gasteiger partial charge in [0.25, 0.3) is 5.91 Å². The average molecular weight is 269 g/mol. The lowest BCUT2D eigenvalue weighted by Gasteiger charge is -2.38. The minimum atomic E-state index is -0.976. The number of rotatable bonds is 1. The number of hydrogen-bond acceptors (Lipinski definition) is 3. The van der Waals surface area contributed by atoms with Crippen LogP contribution in [0.4, 0.5) is 14.5 Å². The Kier molecular flexibility index (Phi) is 3.71. The fourth-order valence-corrected chi connectivity index (χ4v) is 2.35. The van der Waals surface area contributed by atoms with Crippen LogP contribution >= 0.6 is 0 Å². The molecule has 1 aromatic rings. The molecule has 1 unspecified atom stereocenters. The number of benzene rings is 1. The smallest absolute Gasteiger partial charge is 0.260 e. The minimum absolute atomic E-state index is 0.0912. The molecule has 0 saturated carbocycles. The molecule has 0 aliphatic carbocycles. The van der Waals surface area contributed by atoms with E-state index in [0.717, 1.165) is 12.1 Å². The van der Waals surface area contributed by atoms with Gasteiger partial charge in [0.05, 0.1) is 5.69 Å². The van der Waals surface area contributed by atoms with Gasteiger partial charge in [-0.05, 0) is 26.1 Å². The van der Waals surface area contributed by atoms with Crippen LogP contribution in [-0.4, -0.2) is 48.4 Å². The fraction of sp³-hybridized carbons (Fsp3) is 0.462. The van der Waals surface area contributed by atoms with E-state index in [1.165, 1.54) is 4.90 Å². The summed E-state index contributed by atoms with van der Waals surface area (Å²) >= 11 is 0. The Morgan fingerprint density at radius 2 is 2.05 bits per heavy atom. The molecule has 2 N–H and O–H groups in total. The second-order valence-electron chi connectivity index (χ2n) is 4.94. The van der Waals surface area contributed by atoms with Crippen molar-refractivity contribution in [3.05, 3.63) is 29.3 Å². The number of nitrogens with zero attached hydrogens (tertiary/aromatic N) is 2. The maximum absolute atomic E-state index is 13.8. The summed E-state index contributed by atoms with van der Waals surface area (Å²) in [5.41, 5.74) is 4.62. The lowest BCUT2D eigenvalue weighted by molar-refractivity contribution is 0.0524. The van der Waals surface area contributed by atoms with E-state index in [2.05, 4.69) is 4.90 Å². The van der Waals surface area contributed by atoms with Crippen molar-refractivity contribution in [2.24, 2.45) is 0 Å². The number of carbonyl (C=O) groups excluding carboxylic acids is 1. The molecular weight excluding hydrogens is 252 g/mol. The summed E-state index contributed by atoms with van der Waals surface area (Å²) in [4.78, 5) is 15.8. The highest BCUT2D eigenvalue weighted by Crippen LogP contribution is 2.22. The van der Waals surface area contributed by atoms with E-state index in [0.29, 0.717) is 19.6 Å². The lowest BCUT2D eigenvalue weighted by atomic mass is 10.1. The topological polar surface area (TPSA) is 49.6 Å². The molecule has 104 valence electrons. The molecule has 0 spiro atoms. The first kappa shape index (κ1) is 13.7. The van der Waals surface area contributed by atoms with Crippen LogP contribution in [-0.2, 0) is 0 Å². The zero-order valence-corrected chi connectivity index (χ0v) is 11.0. The third-order valence-corrected chi connectivity index (χ3v) is 3.43. The van der Waals surface area contributed by atoms with E-state index in [-0.39, 0.29) is 11.7 Å². The van der Waals surface area contributed by atoms with Crippen LogP contribution in [0.5, 0.6) is 0 Å². The van der Waals surface area contributed by atoms with Crippen molar-refractivity contribution < 1.29 is 13.6 Å². The highest BCUT2D eigenvalue weighted by molar-refractivity contribution is 5.96. The molecule has 0 aromatic heterocycles. The van der Waals surface area contributed by atoms with E-state index < -0.39 is 23.1 Å². The molecule has 2 rings (SSSR count). The van der Waals surface area contributed by atoms with Gasteiger partial charge in [-0.15, -0.1) is 0 Å². The van der Waals surface area contributed by atoms with Gasteiger partial charge in [-0.3, -0.25) is 4.79 Å². The second-order valence-corrected chi connectivity index (χ2v) is 4.94. The van der Waals surface area contributed by atoms with Gasteiger partial charge in [0.2, 0.25) is 0 Å². The largest absolute Gasteiger partial charge is 0.396 e. The van der Waals surface area contributed by atoms with E-state index in [1.807, 2.05) is 14.0 Å². The summed E-state index contributed by atoms with van der Waals surface area (Å²) in [6.45, 7) is 3.67. The van der Waals surface area contributed by atoms with E-state index in [9.17, 15) is 13.6 Å². The fourth-order valence-electron chi connectivity index (χ4n) is 2.35. The number of halogens is 2. The monoisotopic (exact) mass is 269 g/mol. The highest BCUT2D eigenvalue weighted by Gasteiger charge is 2.30. The number of amides is 1. The van der Waals surface area contributed by atoms with Crippen LogP contribution in [0, 0.1) is 11.6 Å². The Morgan fingerprint density at radius 1 is 1.37 bits per heavy atom. The lowest BCUT2D eigenvalue weighted by Crippen LogP contribution is -2.53. The Balaban J connectivity index is 2.32. The van der Waals surface area contributed by atoms with Gasteiger partial charge in [0.1, 0.15) is 11.4 Å². The molecule has 0 bridgehead atoms. The highest BCUT2D eigenvalue weighted by atomic mass is 19.1. The van der Waals surface area contributed by atoms with Crippen LogP contribution in [0.2, 0.25) is 0 Å². The van der Waals surface area contributed by atoms with Gasteiger partial charge in [-0.1, -0.05) is 0 Å². The number of likely N-dealkylation sites (N-methyl/N-ethyl adjacent to an activating group) is 1. The quantitative estimate of drug-likeness (QED) is 0.782. The maximum atomic E-state index is 13.8. The van der Waals surface area contributed by atoms with Crippen molar-refractivity contribution in [1.29, 1.82) is 0 Å². The van der Waals surface area contributed by atoms with Crippen LogP contribution in [0.15, 0.2) is 12.1 Å². The number of hydrogen-bond donors (Lipinski definition) is 1. The molecule has 4 nitrogen and oxygen atoms in total. The summed E-state index contributed by atoms with van der Waals surface area (Å²) in [6.07, 6.45) is 0. The third kappa shape index (κ3) is 2.53. The van der Waals surface area contributed by atoms with Crippen molar-refractivity contribution >= 4 is 11.6 Å². The van der Waals surface area contributed by atoms with Crippen LogP contribution in [0.25, 0.3) is 0 Å². The number of carbonyl (C=O) groups is 1. The maximum Gasteiger partial charge on any atom is 0.260 e. The molecule has 1 fully saturated rings. The van der Waals surface area contributed by atoms with Gasteiger partial charge in [0.15, 0.2) is 5.82 Å². The SMILES string of the molecule is CC1CN(C)CCN1C(=O)c1c(F)ccc(N)c1F.